The van der Waals surface area contributed by atoms with Crippen LogP contribution in [0.15, 0.2) is 115 Å². The summed E-state index contributed by atoms with van der Waals surface area (Å²) in [4.78, 5) is 2.70. The maximum absolute atomic E-state index is 2.70. The molecule has 4 fully saturated rings. The molecule has 6 aliphatic rings. The molecule has 5 unspecified atom stereocenters. The first-order valence-corrected chi connectivity index (χ1v) is 18.6. The van der Waals surface area contributed by atoms with E-state index in [2.05, 4.69) is 148 Å². The van der Waals surface area contributed by atoms with Crippen molar-refractivity contribution in [1.29, 1.82) is 0 Å². The van der Waals surface area contributed by atoms with Crippen molar-refractivity contribution in [1.82, 2.24) is 0 Å². The zero-order valence-electron chi connectivity index (χ0n) is 29.0. The lowest BCUT2D eigenvalue weighted by molar-refractivity contribution is 0.191. The van der Waals surface area contributed by atoms with Gasteiger partial charge in [-0.15, -0.1) is 0 Å². The third kappa shape index (κ3) is 3.74. The summed E-state index contributed by atoms with van der Waals surface area (Å²) in [6, 6.07) is 44.4. The van der Waals surface area contributed by atoms with Crippen LogP contribution in [-0.2, 0) is 16.2 Å². The first kappa shape index (κ1) is 28.9. The van der Waals surface area contributed by atoms with E-state index >= 15 is 0 Å². The van der Waals surface area contributed by atoms with Crippen LogP contribution in [-0.4, -0.2) is 0 Å². The Balaban J connectivity index is 1.30. The summed E-state index contributed by atoms with van der Waals surface area (Å²) < 4.78 is 0. The Hall–Kier alpha value is -4.10. The van der Waals surface area contributed by atoms with Gasteiger partial charge < -0.3 is 4.90 Å². The molecule has 0 amide bonds. The molecule has 4 bridgehead atoms. The highest BCUT2D eigenvalue weighted by molar-refractivity contribution is 5.99. The Bertz CT molecular complexity index is 2080. The van der Waals surface area contributed by atoms with Crippen LogP contribution in [0.4, 0.5) is 17.1 Å². The van der Waals surface area contributed by atoms with Gasteiger partial charge >= 0.3 is 0 Å². The van der Waals surface area contributed by atoms with Gasteiger partial charge in [-0.1, -0.05) is 125 Å². The number of fused-ring (bicyclic) bond motifs is 4. The Morgan fingerprint density at radius 1 is 0.521 bits per heavy atom. The predicted molar refractivity (Wildman–Crippen MR) is 200 cm³/mol. The van der Waals surface area contributed by atoms with Gasteiger partial charge in [-0.3, -0.25) is 0 Å². The van der Waals surface area contributed by atoms with Gasteiger partial charge in [0, 0.05) is 16.5 Å². The summed E-state index contributed by atoms with van der Waals surface area (Å²) in [7, 11) is 0. The number of anilines is 3. The summed E-state index contributed by atoms with van der Waals surface area (Å²) in [5, 5.41) is 0. The highest BCUT2D eigenvalue weighted by atomic mass is 15.2. The second kappa shape index (κ2) is 9.97. The van der Waals surface area contributed by atoms with Crippen molar-refractivity contribution in [3.05, 3.63) is 138 Å². The maximum Gasteiger partial charge on any atom is 0.0543 e. The fourth-order valence-electron chi connectivity index (χ4n) is 12.0. The number of hydrogen-bond acceptors (Lipinski definition) is 1. The molecule has 0 heterocycles. The molecule has 6 aliphatic carbocycles. The number of nitrogens with zero attached hydrogens (tertiary/aromatic N) is 1. The Morgan fingerprint density at radius 3 is 1.98 bits per heavy atom. The molecule has 0 radical (unpaired) electrons. The Labute approximate surface area is 287 Å². The monoisotopic (exact) mass is 625 g/mol. The van der Waals surface area contributed by atoms with E-state index in [9.17, 15) is 0 Å². The molecule has 4 saturated carbocycles. The van der Waals surface area contributed by atoms with Crippen LogP contribution >= 0.6 is 0 Å². The van der Waals surface area contributed by atoms with E-state index in [4.69, 9.17) is 0 Å². The van der Waals surface area contributed by atoms with Crippen molar-refractivity contribution in [2.45, 2.75) is 82.5 Å². The number of benzene rings is 5. The molecule has 0 aromatic heterocycles. The molecule has 240 valence electrons. The van der Waals surface area contributed by atoms with E-state index in [0.29, 0.717) is 0 Å². The average Bonchev–Trinajstić information content (AvgIpc) is 3.65. The van der Waals surface area contributed by atoms with Gasteiger partial charge in [0.2, 0.25) is 0 Å². The van der Waals surface area contributed by atoms with Crippen molar-refractivity contribution < 1.29 is 0 Å². The van der Waals surface area contributed by atoms with Crippen molar-refractivity contribution >= 4 is 17.1 Å². The van der Waals surface area contributed by atoms with Crippen LogP contribution in [0, 0.1) is 23.7 Å². The van der Waals surface area contributed by atoms with E-state index in [-0.39, 0.29) is 16.2 Å². The maximum atomic E-state index is 2.70. The first-order valence-electron chi connectivity index (χ1n) is 18.6. The fraction of sp³-hybridized carbons (Fsp3) is 0.362. The van der Waals surface area contributed by atoms with Crippen molar-refractivity contribution in [3.63, 3.8) is 0 Å². The quantitative estimate of drug-likeness (QED) is 0.192. The molecule has 5 aromatic carbocycles. The van der Waals surface area contributed by atoms with Crippen molar-refractivity contribution in [2.75, 3.05) is 4.90 Å². The molecule has 0 saturated heterocycles. The van der Waals surface area contributed by atoms with Gasteiger partial charge in [0.15, 0.2) is 0 Å². The van der Waals surface area contributed by atoms with Crippen LogP contribution in [0.5, 0.6) is 0 Å². The van der Waals surface area contributed by atoms with E-state index in [0.717, 1.165) is 23.7 Å². The summed E-state index contributed by atoms with van der Waals surface area (Å²) in [5.74, 6) is 3.36. The molecule has 5 atom stereocenters. The van der Waals surface area contributed by atoms with E-state index < -0.39 is 0 Å². The summed E-state index contributed by atoms with van der Waals surface area (Å²) >= 11 is 0. The number of rotatable bonds is 4. The van der Waals surface area contributed by atoms with Crippen LogP contribution in [0.3, 0.4) is 0 Å². The van der Waals surface area contributed by atoms with Gasteiger partial charge in [0.1, 0.15) is 0 Å². The Morgan fingerprint density at radius 2 is 1.17 bits per heavy atom. The minimum absolute atomic E-state index is 0.0575. The SMILES string of the molecule is CC1(C)CCC(C)(C)c2c(N(c3ccccc3-c3ccccc3)c3cccc4c3-c3ccccc3C43C4CC5CC(C4)C3C5)cccc21. The van der Waals surface area contributed by atoms with Crippen molar-refractivity contribution in [3.8, 4) is 22.3 Å². The minimum atomic E-state index is 0.0575. The van der Waals surface area contributed by atoms with Gasteiger partial charge in [-0.05, 0) is 125 Å². The number of hydrogen-bond donors (Lipinski definition) is 0. The van der Waals surface area contributed by atoms with Crippen LogP contribution in [0.2, 0.25) is 0 Å². The topological polar surface area (TPSA) is 3.24 Å². The van der Waals surface area contributed by atoms with Crippen molar-refractivity contribution in [2.24, 2.45) is 23.7 Å². The second-order valence-electron chi connectivity index (χ2n) is 17.2. The molecule has 0 N–H and O–H groups in total. The zero-order chi connectivity index (χ0) is 32.4. The molecule has 1 heteroatoms. The lowest BCUT2D eigenvalue weighted by atomic mass is 9.59. The Kier molecular flexibility index (Phi) is 6.00. The fourth-order valence-corrected chi connectivity index (χ4v) is 12.0. The largest absolute Gasteiger partial charge is 0.309 e. The lowest BCUT2D eigenvalue weighted by Crippen LogP contribution is -2.40. The lowest BCUT2D eigenvalue weighted by Gasteiger charge is -2.45. The molecule has 5 aromatic rings. The van der Waals surface area contributed by atoms with E-state index in [1.165, 1.54) is 89.0 Å². The highest BCUT2D eigenvalue weighted by Gasteiger charge is 2.66. The van der Waals surface area contributed by atoms with Crippen LogP contribution in [0.25, 0.3) is 22.3 Å². The summed E-state index contributed by atoms with van der Waals surface area (Å²) in [6.07, 6.45) is 8.07. The molecule has 1 nitrogen and oxygen atoms in total. The van der Waals surface area contributed by atoms with Crippen LogP contribution in [0.1, 0.15) is 88.5 Å². The normalized spacial score (nSPS) is 27.9. The molecular formula is C47H47N. The molecule has 11 rings (SSSR count). The highest BCUT2D eigenvalue weighted by Crippen LogP contribution is 2.73. The standard InChI is InChI=1S/C47H47N/c1-45(2)24-25-46(3,4)44-38(45)20-13-23-42(44)48(40-21-11-9-16-34(40)31-14-6-5-7-15-31)41-22-12-19-37-43(41)35-17-8-10-18-36(35)47(37)33-27-30-26-32(29-33)39(47)28-30/h5-23,30,32-33,39H,24-29H2,1-4H3. The number of para-hydroxylation sites is 1. The van der Waals surface area contributed by atoms with Gasteiger partial charge in [0.05, 0.1) is 17.1 Å². The van der Waals surface area contributed by atoms with Gasteiger partial charge in [0.25, 0.3) is 0 Å². The molecule has 48 heavy (non-hydrogen) atoms. The van der Waals surface area contributed by atoms with Gasteiger partial charge in [-0.25, -0.2) is 0 Å². The second-order valence-corrected chi connectivity index (χ2v) is 17.2. The van der Waals surface area contributed by atoms with Crippen LogP contribution < -0.4 is 4.90 Å². The van der Waals surface area contributed by atoms with E-state index in [1.54, 1.807) is 11.1 Å². The summed E-state index contributed by atoms with van der Waals surface area (Å²) in [5.41, 5.74) is 16.0. The third-order valence-electron chi connectivity index (χ3n) is 13.9. The van der Waals surface area contributed by atoms with E-state index in [1.807, 2.05) is 0 Å². The smallest absolute Gasteiger partial charge is 0.0543 e. The predicted octanol–water partition coefficient (Wildman–Crippen LogP) is 12.5. The molecular weight excluding hydrogens is 579 g/mol. The summed E-state index contributed by atoms with van der Waals surface area (Å²) in [6.45, 7) is 9.88. The van der Waals surface area contributed by atoms with Gasteiger partial charge in [-0.2, -0.15) is 0 Å². The zero-order valence-corrected chi connectivity index (χ0v) is 29.0. The average molecular weight is 626 g/mol. The third-order valence-corrected chi connectivity index (χ3v) is 13.9. The molecule has 1 spiro atoms. The molecule has 0 aliphatic heterocycles. The minimum Gasteiger partial charge on any atom is -0.309 e. The first-order chi connectivity index (χ1) is 23.3.